The Morgan fingerprint density at radius 2 is 2.05 bits per heavy atom. The van der Waals surface area contributed by atoms with Crippen molar-refractivity contribution in [3.05, 3.63) is 31.6 Å². The number of aromatic nitrogens is 3. The molecule has 1 N–H and O–H groups in total. The van der Waals surface area contributed by atoms with Crippen molar-refractivity contribution in [2.24, 2.45) is 0 Å². The van der Waals surface area contributed by atoms with Crippen molar-refractivity contribution in [1.82, 2.24) is 15.0 Å². The van der Waals surface area contributed by atoms with Crippen LogP contribution in [0.3, 0.4) is 0 Å². The molecule has 0 radical (unpaired) electrons. The van der Waals surface area contributed by atoms with E-state index in [-0.39, 0.29) is 0 Å². The molecule has 20 heavy (non-hydrogen) atoms. The molecular formula is C13H13Cl2IN4. The second kappa shape index (κ2) is 6.87. The van der Waals surface area contributed by atoms with Crippen LogP contribution < -0.4 is 5.32 Å². The zero-order chi connectivity index (χ0) is 14.7. The molecular weight excluding hydrogens is 410 g/mol. The van der Waals surface area contributed by atoms with Gasteiger partial charge in [-0.05, 0) is 35.1 Å². The number of hydrogen-bond donors (Lipinski definition) is 1. The smallest absolute Gasteiger partial charge is 0.182 e. The summed E-state index contributed by atoms with van der Waals surface area (Å²) in [6, 6.07) is 1.64. The minimum Gasteiger partial charge on any atom is -0.372 e. The molecule has 2 aromatic heterocycles. The molecule has 0 amide bonds. The Labute approximate surface area is 141 Å². The highest BCUT2D eigenvalue weighted by atomic mass is 127. The maximum atomic E-state index is 6.18. The zero-order valence-corrected chi connectivity index (χ0v) is 14.7. The van der Waals surface area contributed by atoms with Crippen LogP contribution in [0, 0.1) is 3.57 Å². The number of rotatable bonds is 4. The van der Waals surface area contributed by atoms with E-state index in [4.69, 9.17) is 23.2 Å². The predicted molar refractivity (Wildman–Crippen MR) is 91.5 cm³/mol. The first-order chi connectivity index (χ1) is 9.56. The van der Waals surface area contributed by atoms with Crippen LogP contribution in [0.25, 0.3) is 11.5 Å². The van der Waals surface area contributed by atoms with Gasteiger partial charge in [0.05, 0.1) is 19.3 Å². The van der Waals surface area contributed by atoms with Gasteiger partial charge >= 0.3 is 0 Å². The van der Waals surface area contributed by atoms with E-state index >= 15 is 0 Å². The summed E-state index contributed by atoms with van der Waals surface area (Å²) in [6.07, 6.45) is 3.44. The fourth-order valence-corrected chi connectivity index (χ4v) is 2.99. The third kappa shape index (κ3) is 3.32. The number of nitrogens with one attached hydrogen (secondary N) is 1. The topological polar surface area (TPSA) is 50.7 Å². The average molecular weight is 423 g/mol. The predicted octanol–water partition coefficient (Wildman–Crippen LogP) is 4.44. The largest absolute Gasteiger partial charge is 0.372 e. The summed E-state index contributed by atoms with van der Waals surface area (Å²) >= 11 is 14.3. The van der Waals surface area contributed by atoms with Gasteiger partial charge in [-0.25, -0.2) is 15.0 Å². The van der Waals surface area contributed by atoms with Gasteiger partial charge in [0.2, 0.25) is 0 Å². The number of pyridine rings is 1. The van der Waals surface area contributed by atoms with E-state index in [0.717, 1.165) is 27.9 Å². The van der Waals surface area contributed by atoms with Gasteiger partial charge < -0.3 is 5.32 Å². The maximum Gasteiger partial charge on any atom is 0.182 e. The lowest BCUT2D eigenvalue weighted by Gasteiger charge is -2.11. The van der Waals surface area contributed by atoms with Crippen LogP contribution in [0.5, 0.6) is 0 Å². The first-order valence-electron chi connectivity index (χ1n) is 6.12. The molecule has 0 fully saturated rings. The highest BCUT2D eigenvalue weighted by molar-refractivity contribution is 14.1. The summed E-state index contributed by atoms with van der Waals surface area (Å²) < 4.78 is 1.03. The van der Waals surface area contributed by atoms with Crippen LogP contribution in [0.4, 0.5) is 5.82 Å². The molecule has 2 aromatic rings. The standard InChI is InChI=1S/C13H13Cl2IN4/c1-3-4-9-10(16)12(17-2)20-13(19-9)11-8(15)5-7(14)6-18-11/h5-6H,3-4H2,1-2H3,(H,17,19,20). The minimum atomic E-state index is 0.447. The Bertz CT molecular complexity index is 634. The molecule has 0 aromatic carbocycles. The molecule has 0 aliphatic carbocycles. The van der Waals surface area contributed by atoms with Crippen molar-refractivity contribution in [2.75, 3.05) is 12.4 Å². The Balaban J connectivity index is 2.58. The average Bonchev–Trinajstić information content (AvgIpc) is 2.41. The van der Waals surface area contributed by atoms with E-state index in [0.29, 0.717) is 21.6 Å². The Morgan fingerprint density at radius 3 is 2.65 bits per heavy atom. The normalized spacial score (nSPS) is 10.7. The first-order valence-corrected chi connectivity index (χ1v) is 7.95. The van der Waals surface area contributed by atoms with Crippen LogP contribution in [-0.4, -0.2) is 22.0 Å². The van der Waals surface area contributed by atoms with Crippen molar-refractivity contribution in [2.45, 2.75) is 19.8 Å². The molecule has 106 valence electrons. The molecule has 2 rings (SSSR count). The molecule has 0 unspecified atom stereocenters. The SMILES string of the molecule is CCCc1nc(-c2ncc(Cl)cc2Cl)nc(NC)c1I. The molecule has 0 atom stereocenters. The molecule has 0 saturated heterocycles. The summed E-state index contributed by atoms with van der Waals surface area (Å²) in [6.45, 7) is 2.12. The lowest BCUT2D eigenvalue weighted by Crippen LogP contribution is -2.06. The van der Waals surface area contributed by atoms with Crippen LogP contribution in [0.15, 0.2) is 12.3 Å². The Kier molecular flexibility index (Phi) is 5.40. The van der Waals surface area contributed by atoms with E-state index < -0.39 is 0 Å². The van der Waals surface area contributed by atoms with Crippen molar-refractivity contribution in [3.63, 3.8) is 0 Å². The third-order valence-corrected chi connectivity index (χ3v) is 4.29. The molecule has 0 spiro atoms. The quantitative estimate of drug-likeness (QED) is 0.739. The van der Waals surface area contributed by atoms with Crippen LogP contribution in [-0.2, 0) is 6.42 Å². The van der Waals surface area contributed by atoms with Gasteiger partial charge in [-0.15, -0.1) is 0 Å². The van der Waals surface area contributed by atoms with Crippen molar-refractivity contribution >= 4 is 51.6 Å². The van der Waals surface area contributed by atoms with Crippen molar-refractivity contribution in [3.8, 4) is 11.5 Å². The minimum absolute atomic E-state index is 0.447. The maximum absolute atomic E-state index is 6.18. The van der Waals surface area contributed by atoms with Gasteiger partial charge in [-0.1, -0.05) is 36.5 Å². The monoisotopic (exact) mass is 422 g/mol. The van der Waals surface area contributed by atoms with Gasteiger partial charge in [0.15, 0.2) is 5.82 Å². The summed E-state index contributed by atoms with van der Waals surface area (Å²) in [5.41, 5.74) is 1.54. The van der Waals surface area contributed by atoms with Gasteiger partial charge in [-0.2, -0.15) is 0 Å². The van der Waals surface area contributed by atoms with Crippen molar-refractivity contribution in [1.29, 1.82) is 0 Å². The van der Waals surface area contributed by atoms with Gasteiger partial charge in [0.25, 0.3) is 0 Å². The van der Waals surface area contributed by atoms with E-state index in [1.807, 2.05) is 7.05 Å². The van der Waals surface area contributed by atoms with E-state index in [2.05, 4.69) is 49.8 Å². The molecule has 0 aliphatic rings. The third-order valence-electron chi connectivity index (χ3n) is 2.66. The summed E-state index contributed by atoms with van der Waals surface area (Å²) in [5.74, 6) is 1.30. The fraction of sp³-hybridized carbons (Fsp3) is 0.308. The molecule has 2 heterocycles. The number of anilines is 1. The van der Waals surface area contributed by atoms with Gasteiger partial charge in [0.1, 0.15) is 11.5 Å². The highest BCUT2D eigenvalue weighted by Gasteiger charge is 2.15. The number of nitrogens with zero attached hydrogens (tertiary/aromatic N) is 3. The Hall–Kier alpha value is -0.660. The van der Waals surface area contributed by atoms with Crippen LogP contribution >= 0.6 is 45.8 Å². The number of aryl methyl sites for hydroxylation is 1. The summed E-state index contributed by atoms with van der Waals surface area (Å²) in [4.78, 5) is 13.3. The highest BCUT2D eigenvalue weighted by Crippen LogP contribution is 2.29. The molecule has 0 saturated carbocycles. The van der Waals surface area contributed by atoms with E-state index in [1.54, 1.807) is 12.3 Å². The second-order valence-corrected chi connectivity index (χ2v) is 6.06. The summed E-state index contributed by atoms with van der Waals surface area (Å²) in [5, 5.41) is 4.02. The fourth-order valence-electron chi connectivity index (χ4n) is 1.75. The van der Waals surface area contributed by atoms with E-state index in [9.17, 15) is 0 Å². The van der Waals surface area contributed by atoms with Gasteiger partial charge in [-0.3, -0.25) is 0 Å². The van der Waals surface area contributed by atoms with E-state index in [1.165, 1.54) is 0 Å². The molecule has 4 nitrogen and oxygen atoms in total. The second-order valence-electron chi connectivity index (χ2n) is 4.14. The molecule has 7 heteroatoms. The number of hydrogen-bond acceptors (Lipinski definition) is 4. The summed E-state index contributed by atoms with van der Waals surface area (Å²) in [7, 11) is 1.83. The lowest BCUT2D eigenvalue weighted by atomic mass is 10.2. The molecule has 0 bridgehead atoms. The first kappa shape index (κ1) is 15.7. The molecule has 0 aliphatic heterocycles. The van der Waals surface area contributed by atoms with Crippen molar-refractivity contribution < 1.29 is 0 Å². The Morgan fingerprint density at radius 1 is 1.30 bits per heavy atom. The van der Waals surface area contributed by atoms with Crippen LogP contribution in [0.2, 0.25) is 10.0 Å². The number of halogens is 3. The zero-order valence-electron chi connectivity index (χ0n) is 11.0. The van der Waals surface area contributed by atoms with Crippen LogP contribution in [0.1, 0.15) is 19.0 Å². The lowest BCUT2D eigenvalue weighted by molar-refractivity contribution is 0.866. The van der Waals surface area contributed by atoms with Gasteiger partial charge in [0, 0.05) is 13.2 Å².